The number of aromatic nitrogens is 4. The Labute approximate surface area is 202 Å². The molecule has 0 unspecified atom stereocenters. The zero-order valence-electron chi connectivity index (χ0n) is 19.7. The van der Waals surface area contributed by atoms with E-state index in [2.05, 4.69) is 20.3 Å². The lowest BCUT2D eigenvalue weighted by Gasteiger charge is -2.09. The maximum atomic E-state index is 12.8. The first-order valence-electron chi connectivity index (χ1n) is 11.2. The van der Waals surface area contributed by atoms with Gasteiger partial charge in [0, 0.05) is 35.8 Å². The number of aryl methyl sites for hydroxylation is 1. The van der Waals surface area contributed by atoms with Gasteiger partial charge in [-0.2, -0.15) is 0 Å². The van der Waals surface area contributed by atoms with Crippen molar-refractivity contribution in [2.75, 3.05) is 7.11 Å². The normalized spacial score (nSPS) is 11.1. The number of aromatic amines is 1. The molecule has 3 heterocycles. The molecule has 0 saturated carbocycles. The number of aromatic hydroxyl groups is 1. The van der Waals surface area contributed by atoms with Crippen LogP contribution in [0.4, 0.5) is 0 Å². The number of hydrogen-bond acceptors (Lipinski definition) is 5. The fourth-order valence-corrected chi connectivity index (χ4v) is 4.06. The van der Waals surface area contributed by atoms with Crippen LogP contribution in [0.15, 0.2) is 66.9 Å². The first-order valence-corrected chi connectivity index (χ1v) is 11.2. The number of nitrogens with zero attached hydrogens (tertiary/aromatic N) is 3. The minimum Gasteiger partial charge on any atom is -0.507 e. The fourth-order valence-electron chi connectivity index (χ4n) is 4.06. The van der Waals surface area contributed by atoms with E-state index >= 15 is 0 Å². The maximum Gasteiger partial charge on any atom is 0.251 e. The topological polar surface area (TPSA) is 105 Å². The number of fused-ring (bicyclic) bond motifs is 1. The van der Waals surface area contributed by atoms with Crippen molar-refractivity contribution in [1.29, 1.82) is 0 Å². The molecule has 35 heavy (non-hydrogen) atoms. The molecule has 2 aromatic carbocycles. The molecule has 5 rings (SSSR count). The summed E-state index contributed by atoms with van der Waals surface area (Å²) in [4.78, 5) is 24.9. The molecule has 3 aromatic heterocycles. The van der Waals surface area contributed by atoms with Crippen LogP contribution in [0.1, 0.15) is 21.7 Å². The lowest BCUT2D eigenvalue weighted by molar-refractivity contribution is 0.0950. The van der Waals surface area contributed by atoms with Crippen LogP contribution in [-0.4, -0.2) is 37.6 Å². The summed E-state index contributed by atoms with van der Waals surface area (Å²) < 4.78 is 7.43. The van der Waals surface area contributed by atoms with Gasteiger partial charge in [-0.25, -0.2) is 9.97 Å². The molecule has 176 valence electrons. The number of carbonyl (C=O) groups is 1. The average Bonchev–Trinajstić information content (AvgIpc) is 3.45. The molecule has 0 aliphatic carbocycles. The minimum absolute atomic E-state index is 0.0893. The number of phenols is 1. The highest BCUT2D eigenvalue weighted by Crippen LogP contribution is 2.35. The Bertz CT molecular complexity index is 1550. The Balaban J connectivity index is 1.43. The highest BCUT2D eigenvalue weighted by atomic mass is 16.5. The molecule has 1 amide bonds. The summed E-state index contributed by atoms with van der Waals surface area (Å²) in [6.45, 7) is 2.46. The van der Waals surface area contributed by atoms with Crippen LogP contribution in [0.5, 0.6) is 11.6 Å². The average molecular weight is 468 g/mol. The zero-order chi connectivity index (χ0) is 24.5. The van der Waals surface area contributed by atoms with E-state index in [0.29, 0.717) is 40.4 Å². The van der Waals surface area contributed by atoms with Crippen molar-refractivity contribution in [3.63, 3.8) is 0 Å². The Hall–Kier alpha value is -4.59. The fraction of sp³-hybridized carbons (Fsp3) is 0.148. The summed E-state index contributed by atoms with van der Waals surface area (Å²) in [5.41, 5.74) is 6.26. The van der Waals surface area contributed by atoms with E-state index in [9.17, 15) is 9.90 Å². The molecule has 5 aromatic rings. The van der Waals surface area contributed by atoms with Gasteiger partial charge < -0.3 is 24.7 Å². The summed E-state index contributed by atoms with van der Waals surface area (Å²) >= 11 is 0. The van der Waals surface area contributed by atoms with E-state index in [1.165, 1.54) is 0 Å². The molecule has 3 N–H and O–H groups in total. The number of ether oxygens (including phenoxy) is 1. The molecule has 0 saturated heterocycles. The van der Waals surface area contributed by atoms with Crippen molar-refractivity contribution in [1.82, 2.24) is 24.8 Å². The first kappa shape index (κ1) is 22.2. The van der Waals surface area contributed by atoms with Crippen molar-refractivity contribution >= 4 is 16.9 Å². The van der Waals surface area contributed by atoms with Crippen LogP contribution in [0, 0.1) is 6.92 Å². The van der Waals surface area contributed by atoms with Gasteiger partial charge in [-0.05, 0) is 67.1 Å². The van der Waals surface area contributed by atoms with Gasteiger partial charge in [-0.3, -0.25) is 4.79 Å². The van der Waals surface area contributed by atoms with Gasteiger partial charge >= 0.3 is 0 Å². The lowest BCUT2D eigenvalue weighted by Crippen LogP contribution is -2.23. The van der Waals surface area contributed by atoms with Crippen molar-refractivity contribution in [2.24, 2.45) is 7.05 Å². The monoisotopic (exact) mass is 467 g/mol. The van der Waals surface area contributed by atoms with E-state index in [1.807, 2.05) is 48.9 Å². The predicted octanol–water partition coefficient (Wildman–Crippen LogP) is 4.58. The Morgan fingerprint density at radius 2 is 1.97 bits per heavy atom. The zero-order valence-corrected chi connectivity index (χ0v) is 19.7. The molecule has 0 bridgehead atoms. The highest BCUT2D eigenvalue weighted by molar-refractivity contribution is 5.97. The predicted molar refractivity (Wildman–Crippen MR) is 134 cm³/mol. The smallest absolute Gasteiger partial charge is 0.251 e. The Morgan fingerprint density at radius 1 is 1.11 bits per heavy atom. The van der Waals surface area contributed by atoms with Crippen LogP contribution < -0.4 is 10.1 Å². The van der Waals surface area contributed by atoms with Gasteiger partial charge in [-0.1, -0.05) is 6.07 Å². The minimum atomic E-state index is -0.171. The standard InChI is InChI=1S/C27H25N5O3/c1-16-6-9-19(32(16)2)15-29-26(34)18-7-10-22-23(14-18)31-25(30-22)21-13-17(8-11-24(21)33)20-5-4-12-28-27(20)35-3/h4-14,33H,15H2,1-3H3,(H,29,34)(H,30,31). The van der Waals surface area contributed by atoms with Crippen molar-refractivity contribution in [3.05, 3.63) is 83.8 Å². The number of hydrogen-bond donors (Lipinski definition) is 3. The van der Waals surface area contributed by atoms with Gasteiger partial charge in [0.25, 0.3) is 5.91 Å². The van der Waals surface area contributed by atoms with E-state index in [1.54, 1.807) is 43.6 Å². The van der Waals surface area contributed by atoms with Crippen LogP contribution in [-0.2, 0) is 13.6 Å². The number of rotatable bonds is 6. The van der Waals surface area contributed by atoms with Crippen LogP contribution in [0.2, 0.25) is 0 Å². The van der Waals surface area contributed by atoms with Gasteiger partial charge in [0.15, 0.2) is 0 Å². The van der Waals surface area contributed by atoms with E-state index in [4.69, 9.17) is 4.74 Å². The molecule has 0 atom stereocenters. The lowest BCUT2D eigenvalue weighted by atomic mass is 10.0. The van der Waals surface area contributed by atoms with E-state index < -0.39 is 0 Å². The van der Waals surface area contributed by atoms with Crippen LogP contribution >= 0.6 is 0 Å². The second-order valence-electron chi connectivity index (χ2n) is 8.32. The van der Waals surface area contributed by atoms with Crippen molar-refractivity contribution in [3.8, 4) is 34.1 Å². The maximum absolute atomic E-state index is 12.8. The van der Waals surface area contributed by atoms with Crippen molar-refractivity contribution < 1.29 is 14.6 Å². The number of amides is 1. The first-order chi connectivity index (χ1) is 16.9. The number of carbonyl (C=O) groups excluding carboxylic acids is 1. The number of pyridine rings is 1. The third-order valence-electron chi connectivity index (χ3n) is 6.18. The Kier molecular flexibility index (Phi) is 5.70. The van der Waals surface area contributed by atoms with Gasteiger partial charge in [0.05, 0.1) is 30.3 Å². The molecule has 0 radical (unpaired) electrons. The van der Waals surface area contributed by atoms with Crippen LogP contribution in [0.25, 0.3) is 33.5 Å². The molecule has 8 heteroatoms. The number of imidazole rings is 1. The van der Waals surface area contributed by atoms with Gasteiger partial charge in [0.2, 0.25) is 5.88 Å². The molecule has 0 spiro atoms. The van der Waals surface area contributed by atoms with Crippen LogP contribution in [0.3, 0.4) is 0 Å². The summed E-state index contributed by atoms with van der Waals surface area (Å²) in [5.74, 6) is 0.913. The third kappa shape index (κ3) is 4.21. The third-order valence-corrected chi connectivity index (χ3v) is 6.18. The molecule has 0 fully saturated rings. The Morgan fingerprint density at radius 3 is 2.74 bits per heavy atom. The summed E-state index contributed by atoms with van der Waals surface area (Å²) in [6, 6.07) is 18.3. The number of H-pyrrole nitrogens is 1. The summed E-state index contributed by atoms with van der Waals surface area (Å²) in [6.07, 6.45) is 1.66. The van der Waals surface area contributed by atoms with E-state index in [-0.39, 0.29) is 11.7 Å². The van der Waals surface area contributed by atoms with Crippen molar-refractivity contribution in [2.45, 2.75) is 13.5 Å². The number of nitrogens with one attached hydrogen (secondary N) is 2. The second-order valence-corrected chi connectivity index (χ2v) is 8.32. The molecule has 0 aliphatic rings. The molecular weight excluding hydrogens is 442 g/mol. The molecular formula is C27H25N5O3. The van der Waals surface area contributed by atoms with E-state index in [0.717, 1.165) is 22.5 Å². The highest BCUT2D eigenvalue weighted by Gasteiger charge is 2.15. The van der Waals surface area contributed by atoms with Gasteiger partial charge in [-0.15, -0.1) is 0 Å². The SMILES string of the molecule is COc1ncccc1-c1ccc(O)c(-c2nc3ccc(C(=O)NCc4ccc(C)n4C)cc3[nH]2)c1. The molecule has 0 aliphatic heterocycles. The largest absolute Gasteiger partial charge is 0.507 e. The quantitative estimate of drug-likeness (QED) is 0.339. The molecule has 8 nitrogen and oxygen atoms in total. The second kappa shape index (κ2) is 8.98. The number of phenolic OH excluding ortho intramolecular Hbond substituents is 1. The summed E-state index contributed by atoms with van der Waals surface area (Å²) in [7, 11) is 3.55. The number of benzene rings is 2. The summed E-state index contributed by atoms with van der Waals surface area (Å²) in [5, 5.41) is 13.5. The number of methoxy groups -OCH3 is 1. The van der Waals surface area contributed by atoms with Gasteiger partial charge in [0.1, 0.15) is 11.6 Å².